The minimum Gasteiger partial charge on any atom is -0.493 e. The zero-order chi connectivity index (χ0) is 11.8. The van der Waals surface area contributed by atoms with Gasteiger partial charge in [-0.2, -0.15) is 0 Å². The molecule has 3 N–H and O–H groups in total. The average molecular weight is 224 g/mol. The number of hydrogen-bond donors (Lipinski definition) is 2. The van der Waals surface area contributed by atoms with Gasteiger partial charge in [0, 0.05) is 7.11 Å². The van der Waals surface area contributed by atoms with Crippen LogP contribution in [0.3, 0.4) is 0 Å². The summed E-state index contributed by atoms with van der Waals surface area (Å²) in [7, 11) is 1.64. The van der Waals surface area contributed by atoms with Gasteiger partial charge in [-0.25, -0.2) is 5.84 Å². The van der Waals surface area contributed by atoms with Gasteiger partial charge in [-0.3, -0.25) is 10.2 Å². The lowest BCUT2D eigenvalue weighted by molar-refractivity contribution is -0.121. The molecule has 1 amide bonds. The van der Waals surface area contributed by atoms with Crippen LogP contribution >= 0.6 is 0 Å². The summed E-state index contributed by atoms with van der Waals surface area (Å²) < 4.78 is 10.4. The van der Waals surface area contributed by atoms with Crippen molar-refractivity contribution in [3.8, 4) is 5.75 Å². The first-order valence-corrected chi connectivity index (χ1v) is 4.96. The Labute approximate surface area is 94.5 Å². The lowest BCUT2D eigenvalue weighted by atomic mass is 10.2. The number of nitrogens with two attached hydrogens (primary N) is 1. The van der Waals surface area contributed by atoms with Crippen molar-refractivity contribution < 1.29 is 14.3 Å². The third-order valence-electron chi connectivity index (χ3n) is 1.97. The number of rotatable bonds is 6. The van der Waals surface area contributed by atoms with Gasteiger partial charge in [0.2, 0.25) is 5.91 Å². The van der Waals surface area contributed by atoms with Gasteiger partial charge in [-0.1, -0.05) is 12.1 Å². The Balaban J connectivity index is 2.41. The van der Waals surface area contributed by atoms with Crippen LogP contribution in [-0.4, -0.2) is 19.6 Å². The van der Waals surface area contributed by atoms with E-state index < -0.39 is 0 Å². The summed E-state index contributed by atoms with van der Waals surface area (Å²) in [6.45, 7) is 0.847. The summed E-state index contributed by atoms with van der Waals surface area (Å²) in [5.74, 6) is 5.42. The maximum absolute atomic E-state index is 10.8. The summed E-state index contributed by atoms with van der Waals surface area (Å²) in [6, 6.07) is 7.54. The van der Waals surface area contributed by atoms with E-state index in [2.05, 4.69) is 0 Å². The Morgan fingerprint density at radius 3 is 3.00 bits per heavy atom. The third kappa shape index (κ3) is 4.29. The number of amides is 1. The first kappa shape index (κ1) is 12.5. The van der Waals surface area contributed by atoms with Gasteiger partial charge in [0.05, 0.1) is 19.6 Å². The predicted octanol–water partition coefficient (Wildman–Crippen LogP) is 0.592. The molecule has 1 aromatic rings. The molecule has 0 fully saturated rings. The molecule has 5 heteroatoms. The Morgan fingerprint density at radius 2 is 2.31 bits per heavy atom. The van der Waals surface area contributed by atoms with Crippen LogP contribution in [0.4, 0.5) is 0 Å². The lowest BCUT2D eigenvalue weighted by Crippen LogP contribution is -2.31. The minimum atomic E-state index is -0.243. The highest BCUT2D eigenvalue weighted by Crippen LogP contribution is 2.13. The molecule has 0 aliphatic carbocycles. The number of benzene rings is 1. The van der Waals surface area contributed by atoms with Crippen LogP contribution in [0.5, 0.6) is 5.75 Å². The first-order chi connectivity index (χ1) is 7.76. The van der Waals surface area contributed by atoms with Gasteiger partial charge in [-0.15, -0.1) is 0 Å². The van der Waals surface area contributed by atoms with E-state index in [0.29, 0.717) is 13.2 Å². The summed E-state index contributed by atoms with van der Waals surface area (Å²) in [5.41, 5.74) is 3.07. The molecule has 0 saturated carbocycles. The number of ether oxygens (including phenoxy) is 2. The molecule has 0 bridgehead atoms. The number of methoxy groups -OCH3 is 1. The number of carbonyl (C=O) groups is 1. The van der Waals surface area contributed by atoms with Crippen molar-refractivity contribution in [2.45, 2.75) is 13.0 Å². The van der Waals surface area contributed by atoms with Gasteiger partial charge in [0.25, 0.3) is 0 Å². The molecule has 0 saturated heterocycles. The molecule has 1 rings (SSSR count). The lowest BCUT2D eigenvalue weighted by Gasteiger charge is -2.07. The van der Waals surface area contributed by atoms with E-state index >= 15 is 0 Å². The molecule has 0 aromatic heterocycles. The van der Waals surface area contributed by atoms with Gasteiger partial charge < -0.3 is 9.47 Å². The smallest absolute Gasteiger partial charge is 0.237 e. The van der Waals surface area contributed by atoms with Gasteiger partial charge in [0.15, 0.2) is 0 Å². The fraction of sp³-hybridized carbons (Fsp3) is 0.364. The van der Waals surface area contributed by atoms with E-state index in [4.69, 9.17) is 15.3 Å². The van der Waals surface area contributed by atoms with Crippen molar-refractivity contribution in [1.82, 2.24) is 5.43 Å². The molecular formula is C11H16N2O3. The topological polar surface area (TPSA) is 73.6 Å². The van der Waals surface area contributed by atoms with Gasteiger partial charge >= 0.3 is 0 Å². The van der Waals surface area contributed by atoms with Crippen LogP contribution in [-0.2, 0) is 16.1 Å². The van der Waals surface area contributed by atoms with Gasteiger partial charge in [0.1, 0.15) is 5.75 Å². The monoisotopic (exact) mass is 224 g/mol. The van der Waals surface area contributed by atoms with Crippen molar-refractivity contribution in [3.05, 3.63) is 29.8 Å². The van der Waals surface area contributed by atoms with E-state index in [1.54, 1.807) is 7.11 Å². The summed E-state index contributed by atoms with van der Waals surface area (Å²) in [5, 5.41) is 0. The minimum absolute atomic E-state index is 0.241. The van der Waals surface area contributed by atoms with Crippen LogP contribution in [0.1, 0.15) is 12.0 Å². The molecule has 0 aliphatic heterocycles. The second kappa shape index (κ2) is 6.81. The van der Waals surface area contributed by atoms with Crippen molar-refractivity contribution in [2.24, 2.45) is 5.84 Å². The molecule has 1 aromatic carbocycles. The Bertz CT molecular complexity index is 342. The second-order valence-electron chi connectivity index (χ2n) is 3.25. The molecular weight excluding hydrogens is 208 g/mol. The molecule has 0 heterocycles. The third-order valence-corrected chi connectivity index (χ3v) is 1.97. The van der Waals surface area contributed by atoms with Crippen LogP contribution in [0.25, 0.3) is 0 Å². The number of carbonyl (C=O) groups excluding carboxylic acids is 1. The maximum Gasteiger partial charge on any atom is 0.237 e. The standard InChI is InChI=1S/C11H16N2O3/c1-15-8-9-3-2-4-10(7-9)16-6-5-11(14)13-12/h2-4,7H,5-6,8,12H2,1H3,(H,13,14). The Morgan fingerprint density at radius 1 is 1.50 bits per heavy atom. The second-order valence-corrected chi connectivity index (χ2v) is 3.25. The quantitative estimate of drug-likeness (QED) is 0.421. The summed E-state index contributed by atoms with van der Waals surface area (Å²) in [4.78, 5) is 10.8. The molecule has 0 aliphatic rings. The molecule has 0 unspecified atom stereocenters. The Hall–Kier alpha value is -1.59. The number of hydrogen-bond acceptors (Lipinski definition) is 4. The highest BCUT2D eigenvalue weighted by atomic mass is 16.5. The number of nitrogens with one attached hydrogen (secondary N) is 1. The number of hydrazine groups is 1. The molecule has 0 atom stereocenters. The van der Waals surface area contributed by atoms with Crippen LogP contribution in [0.2, 0.25) is 0 Å². The molecule has 16 heavy (non-hydrogen) atoms. The molecule has 88 valence electrons. The van der Waals surface area contributed by atoms with Crippen molar-refractivity contribution in [2.75, 3.05) is 13.7 Å². The average Bonchev–Trinajstić information content (AvgIpc) is 2.30. The largest absolute Gasteiger partial charge is 0.493 e. The highest BCUT2D eigenvalue weighted by Gasteiger charge is 2.00. The van der Waals surface area contributed by atoms with Crippen molar-refractivity contribution >= 4 is 5.91 Å². The summed E-state index contributed by atoms with van der Waals surface area (Å²) >= 11 is 0. The van der Waals surface area contributed by atoms with E-state index in [1.807, 2.05) is 29.7 Å². The van der Waals surface area contributed by atoms with E-state index in [9.17, 15) is 4.79 Å². The van der Waals surface area contributed by atoms with Crippen LogP contribution in [0, 0.1) is 0 Å². The highest BCUT2D eigenvalue weighted by molar-refractivity contribution is 5.75. The predicted molar refractivity (Wildman–Crippen MR) is 59.6 cm³/mol. The van der Waals surface area contributed by atoms with Gasteiger partial charge in [-0.05, 0) is 17.7 Å². The van der Waals surface area contributed by atoms with Crippen LogP contribution in [0.15, 0.2) is 24.3 Å². The molecule has 5 nitrogen and oxygen atoms in total. The normalized spacial score (nSPS) is 9.88. The first-order valence-electron chi connectivity index (χ1n) is 4.96. The SMILES string of the molecule is COCc1cccc(OCCC(=O)NN)c1. The van der Waals surface area contributed by atoms with Crippen LogP contribution < -0.4 is 16.0 Å². The Kier molecular flexibility index (Phi) is 5.31. The van der Waals surface area contributed by atoms with Crippen molar-refractivity contribution in [3.63, 3.8) is 0 Å². The zero-order valence-corrected chi connectivity index (χ0v) is 9.23. The van der Waals surface area contributed by atoms with E-state index in [0.717, 1.165) is 11.3 Å². The maximum atomic E-state index is 10.8. The molecule has 0 radical (unpaired) electrons. The fourth-order valence-electron chi connectivity index (χ4n) is 1.23. The van der Waals surface area contributed by atoms with E-state index in [1.165, 1.54) is 0 Å². The molecule has 0 spiro atoms. The fourth-order valence-corrected chi connectivity index (χ4v) is 1.23. The summed E-state index contributed by atoms with van der Waals surface area (Å²) in [6.07, 6.45) is 0.241. The van der Waals surface area contributed by atoms with Crippen molar-refractivity contribution in [1.29, 1.82) is 0 Å². The van der Waals surface area contributed by atoms with E-state index in [-0.39, 0.29) is 12.3 Å². The zero-order valence-electron chi connectivity index (χ0n) is 9.23.